The van der Waals surface area contributed by atoms with E-state index in [0.717, 1.165) is 15.5 Å². The Labute approximate surface area is 154 Å². The SMILES string of the molecule is [2H]c1c([2H])c(-n2sc(-c3ccccc3Cl)nc2=S)c([2H])c([2H])c1OC(F)(F)F. The van der Waals surface area contributed by atoms with Crippen molar-refractivity contribution in [2.75, 3.05) is 0 Å². The molecular formula is C15H8ClF3N2OS2. The van der Waals surface area contributed by atoms with E-state index in [1.54, 1.807) is 24.3 Å². The molecule has 0 radical (unpaired) electrons. The van der Waals surface area contributed by atoms with Crippen LogP contribution in [-0.2, 0) is 0 Å². The van der Waals surface area contributed by atoms with Crippen LogP contribution in [0, 0.1) is 4.77 Å². The summed E-state index contributed by atoms with van der Waals surface area (Å²) in [6, 6.07) is 3.28. The van der Waals surface area contributed by atoms with E-state index in [2.05, 4.69) is 9.72 Å². The second-order valence-corrected chi connectivity index (χ2v) is 6.00. The summed E-state index contributed by atoms with van der Waals surface area (Å²) >= 11 is 12.2. The van der Waals surface area contributed by atoms with Crippen molar-refractivity contribution in [3.05, 3.63) is 58.2 Å². The van der Waals surface area contributed by atoms with Gasteiger partial charge in [-0.1, -0.05) is 29.8 Å². The van der Waals surface area contributed by atoms with Crippen molar-refractivity contribution < 1.29 is 23.4 Å². The number of nitrogens with zero attached hydrogens (tertiary/aromatic N) is 2. The zero-order valence-corrected chi connectivity index (χ0v) is 13.8. The van der Waals surface area contributed by atoms with Crippen LogP contribution in [0.3, 0.4) is 0 Å². The third-order valence-electron chi connectivity index (χ3n) is 2.66. The molecule has 0 aliphatic carbocycles. The molecule has 124 valence electrons. The van der Waals surface area contributed by atoms with Crippen LogP contribution in [0.25, 0.3) is 16.3 Å². The van der Waals surface area contributed by atoms with Gasteiger partial charge in [0.15, 0.2) is 0 Å². The van der Waals surface area contributed by atoms with E-state index in [1.165, 1.54) is 0 Å². The number of benzene rings is 2. The van der Waals surface area contributed by atoms with Crippen LogP contribution in [0.4, 0.5) is 13.2 Å². The van der Waals surface area contributed by atoms with Gasteiger partial charge < -0.3 is 4.74 Å². The minimum atomic E-state index is -5.16. The summed E-state index contributed by atoms with van der Waals surface area (Å²) in [6.45, 7) is 0. The molecule has 0 spiro atoms. The van der Waals surface area contributed by atoms with E-state index in [9.17, 15) is 13.2 Å². The van der Waals surface area contributed by atoms with Crippen molar-refractivity contribution in [1.82, 2.24) is 8.94 Å². The summed E-state index contributed by atoms with van der Waals surface area (Å²) in [5, 5.41) is 0.731. The van der Waals surface area contributed by atoms with E-state index >= 15 is 0 Å². The van der Waals surface area contributed by atoms with Gasteiger partial charge in [-0.05, 0) is 54.0 Å². The number of hydrogen-bond donors (Lipinski definition) is 0. The minimum absolute atomic E-state index is 0.0924. The lowest BCUT2D eigenvalue weighted by Gasteiger charge is -2.09. The van der Waals surface area contributed by atoms with Crippen molar-refractivity contribution in [1.29, 1.82) is 0 Å². The predicted octanol–water partition coefficient (Wildman–Crippen LogP) is 5.88. The van der Waals surface area contributed by atoms with Crippen molar-refractivity contribution in [2.24, 2.45) is 0 Å². The Morgan fingerprint density at radius 3 is 2.50 bits per heavy atom. The lowest BCUT2D eigenvalue weighted by atomic mass is 10.2. The summed E-state index contributed by atoms with van der Waals surface area (Å²) in [5.74, 6) is -1.21. The Hall–Kier alpha value is -1.90. The third-order valence-corrected chi connectivity index (χ3v) is 4.40. The quantitative estimate of drug-likeness (QED) is 0.520. The van der Waals surface area contributed by atoms with Crippen molar-refractivity contribution in [2.45, 2.75) is 6.36 Å². The molecule has 3 aromatic rings. The molecule has 2 aromatic carbocycles. The lowest BCUT2D eigenvalue weighted by molar-refractivity contribution is -0.274. The molecular weight excluding hydrogens is 381 g/mol. The average molecular weight is 393 g/mol. The Morgan fingerprint density at radius 2 is 1.88 bits per heavy atom. The van der Waals surface area contributed by atoms with E-state index in [0.29, 0.717) is 15.6 Å². The highest BCUT2D eigenvalue weighted by molar-refractivity contribution is 7.71. The fourth-order valence-corrected chi connectivity index (χ4v) is 3.24. The summed E-state index contributed by atoms with van der Waals surface area (Å²) in [6.07, 6.45) is -5.16. The first-order valence-corrected chi connectivity index (χ1v) is 7.79. The summed E-state index contributed by atoms with van der Waals surface area (Å²) < 4.78 is 73.9. The molecule has 0 fully saturated rings. The molecule has 1 heterocycles. The third kappa shape index (κ3) is 3.77. The number of hydrogen-bond acceptors (Lipinski definition) is 4. The first-order valence-electron chi connectivity index (χ1n) is 8.23. The summed E-state index contributed by atoms with van der Waals surface area (Å²) in [5.41, 5.74) is 0.205. The zero-order valence-electron chi connectivity index (χ0n) is 15.4. The van der Waals surface area contributed by atoms with Crippen molar-refractivity contribution >= 4 is 35.4 Å². The van der Waals surface area contributed by atoms with Gasteiger partial charge in [-0.3, -0.25) is 0 Å². The molecule has 9 heteroatoms. The van der Waals surface area contributed by atoms with Crippen LogP contribution in [0.1, 0.15) is 5.48 Å². The maximum atomic E-state index is 12.5. The van der Waals surface area contributed by atoms with Gasteiger partial charge in [0.2, 0.25) is 4.77 Å². The second kappa shape index (κ2) is 6.54. The van der Waals surface area contributed by atoms with Crippen LogP contribution in [-0.4, -0.2) is 15.3 Å². The summed E-state index contributed by atoms with van der Waals surface area (Å²) in [7, 11) is 0. The molecule has 0 saturated heterocycles. The fourth-order valence-electron chi connectivity index (χ4n) is 1.73. The Kier molecular flexibility index (Phi) is 3.40. The number of aromatic nitrogens is 2. The zero-order chi connectivity index (χ0) is 20.8. The highest BCUT2D eigenvalue weighted by atomic mass is 35.5. The normalized spacial score (nSPS) is 13.8. The second-order valence-electron chi connectivity index (χ2n) is 4.29. The molecule has 0 aliphatic heterocycles. The van der Waals surface area contributed by atoms with Crippen LogP contribution in [0.5, 0.6) is 5.75 Å². The minimum Gasteiger partial charge on any atom is -0.406 e. The number of halogens is 4. The lowest BCUT2D eigenvalue weighted by Crippen LogP contribution is -2.17. The van der Waals surface area contributed by atoms with E-state index in [1.807, 2.05) is 0 Å². The van der Waals surface area contributed by atoms with Crippen LogP contribution < -0.4 is 4.74 Å². The molecule has 0 saturated carbocycles. The topological polar surface area (TPSA) is 27.1 Å². The molecule has 0 atom stereocenters. The largest absolute Gasteiger partial charge is 0.573 e. The summed E-state index contributed by atoms with van der Waals surface area (Å²) in [4.78, 5) is 4.15. The Bertz CT molecular complexity index is 1100. The first kappa shape index (κ1) is 12.5. The van der Waals surface area contributed by atoms with E-state index in [4.69, 9.17) is 29.3 Å². The standard InChI is InChI=1S/C15H8ClF3N2OS2/c16-12-4-2-1-3-11(12)13-20-14(23)21(24-13)9-5-7-10(8-6-9)22-15(17,18)19/h1-8H/i5D,6D,7D,8D. The maximum absolute atomic E-state index is 12.5. The molecule has 3 rings (SSSR count). The van der Waals surface area contributed by atoms with Gasteiger partial charge in [0.1, 0.15) is 10.8 Å². The van der Waals surface area contributed by atoms with Gasteiger partial charge in [0, 0.05) is 5.56 Å². The monoisotopic (exact) mass is 392 g/mol. The van der Waals surface area contributed by atoms with E-state index in [-0.39, 0.29) is 10.5 Å². The number of alkyl halides is 3. The van der Waals surface area contributed by atoms with Gasteiger partial charge >= 0.3 is 6.36 Å². The number of rotatable bonds is 3. The Morgan fingerprint density at radius 1 is 1.21 bits per heavy atom. The Balaban J connectivity index is 2.21. The van der Waals surface area contributed by atoms with Gasteiger partial charge in [-0.15, -0.1) is 13.2 Å². The molecule has 24 heavy (non-hydrogen) atoms. The molecule has 0 unspecified atom stereocenters. The molecule has 0 aliphatic rings. The molecule has 0 amide bonds. The van der Waals surface area contributed by atoms with Crippen molar-refractivity contribution in [3.63, 3.8) is 0 Å². The van der Waals surface area contributed by atoms with Crippen molar-refractivity contribution in [3.8, 4) is 22.0 Å². The van der Waals surface area contributed by atoms with Gasteiger partial charge in [-0.25, -0.2) is 8.94 Å². The number of ether oxygens (including phenoxy) is 1. The van der Waals surface area contributed by atoms with Crippen LogP contribution in [0.15, 0.2) is 48.4 Å². The van der Waals surface area contributed by atoms with Gasteiger partial charge in [0.05, 0.1) is 16.2 Å². The predicted molar refractivity (Wildman–Crippen MR) is 89.4 cm³/mol. The smallest absolute Gasteiger partial charge is 0.406 e. The van der Waals surface area contributed by atoms with Crippen LogP contribution in [0.2, 0.25) is 5.02 Å². The van der Waals surface area contributed by atoms with Gasteiger partial charge in [0.25, 0.3) is 0 Å². The highest BCUT2D eigenvalue weighted by Crippen LogP contribution is 2.31. The average Bonchev–Trinajstić information content (AvgIpc) is 2.98. The molecule has 0 bridgehead atoms. The van der Waals surface area contributed by atoms with Gasteiger partial charge in [-0.2, -0.15) is 0 Å². The molecule has 3 nitrogen and oxygen atoms in total. The maximum Gasteiger partial charge on any atom is 0.573 e. The molecule has 1 aromatic heterocycles. The highest BCUT2D eigenvalue weighted by Gasteiger charge is 2.31. The fraction of sp³-hybridized carbons (Fsp3) is 0.0667. The first-order chi connectivity index (χ1) is 13.0. The van der Waals surface area contributed by atoms with E-state index < -0.39 is 36.3 Å². The van der Waals surface area contributed by atoms with Crippen LogP contribution >= 0.6 is 35.4 Å². The molecule has 0 N–H and O–H groups in total.